The van der Waals surface area contributed by atoms with Gasteiger partial charge in [0.25, 0.3) is 0 Å². The number of H-pyrrole nitrogens is 2. The Balaban J connectivity index is 1.75. The number of nitrogens with zero attached hydrogens (tertiary/aromatic N) is 3. The molecule has 0 radical (unpaired) electrons. The van der Waals surface area contributed by atoms with E-state index in [1.54, 1.807) is 0 Å². The predicted octanol–water partition coefficient (Wildman–Crippen LogP) is 4.53. The summed E-state index contributed by atoms with van der Waals surface area (Å²) in [5.74, 6) is 0. The van der Waals surface area contributed by atoms with Crippen molar-refractivity contribution < 1.29 is 0 Å². The number of aromatic amines is 2. The summed E-state index contributed by atoms with van der Waals surface area (Å²) in [6.07, 6.45) is 10.4. The number of pyridine rings is 2. The number of fused-ring (bicyclic) bond motifs is 6. The molecule has 4 aromatic heterocycles. The topological polar surface area (TPSA) is 70.2 Å². The number of rotatable bonds is 1. The number of aromatic nitrogens is 5. The maximum absolute atomic E-state index is 5.12. The Kier molecular flexibility index (Phi) is 2.77. The summed E-state index contributed by atoms with van der Waals surface area (Å²) >= 11 is 0. The van der Waals surface area contributed by atoms with E-state index in [2.05, 4.69) is 44.6 Å². The molecule has 5 nitrogen and oxygen atoms in total. The van der Waals surface area contributed by atoms with Gasteiger partial charge in [-0.2, -0.15) is 5.10 Å². The van der Waals surface area contributed by atoms with E-state index in [4.69, 9.17) is 4.98 Å². The first-order chi connectivity index (χ1) is 12.9. The molecule has 5 heteroatoms. The largest absolute Gasteiger partial charge is 0.345 e. The van der Waals surface area contributed by atoms with Crippen molar-refractivity contribution in [1.29, 1.82) is 0 Å². The molecule has 6 rings (SSSR count). The monoisotopic (exact) mass is 339 g/mol. The van der Waals surface area contributed by atoms with Crippen LogP contribution in [0.2, 0.25) is 0 Å². The van der Waals surface area contributed by atoms with E-state index in [1.165, 1.54) is 34.7 Å². The van der Waals surface area contributed by atoms with Crippen LogP contribution in [0.1, 0.15) is 24.0 Å². The molecule has 0 saturated heterocycles. The molecule has 0 aliphatic heterocycles. The van der Waals surface area contributed by atoms with Crippen molar-refractivity contribution in [3.63, 3.8) is 0 Å². The lowest BCUT2D eigenvalue weighted by atomic mass is 9.85. The van der Waals surface area contributed by atoms with Crippen molar-refractivity contribution in [2.45, 2.75) is 25.7 Å². The Morgan fingerprint density at radius 3 is 2.85 bits per heavy atom. The molecule has 2 N–H and O–H groups in total. The molecule has 0 unspecified atom stereocenters. The molecular formula is C21H17N5. The highest BCUT2D eigenvalue weighted by molar-refractivity contribution is 6.08. The van der Waals surface area contributed by atoms with Gasteiger partial charge in [0.2, 0.25) is 0 Å². The summed E-state index contributed by atoms with van der Waals surface area (Å²) in [7, 11) is 0. The molecule has 0 spiro atoms. The van der Waals surface area contributed by atoms with E-state index in [0.29, 0.717) is 0 Å². The second kappa shape index (κ2) is 5.14. The summed E-state index contributed by atoms with van der Waals surface area (Å²) in [4.78, 5) is 12.9. The summed E-state index contributed by atoms with van der Waals surface area (Å²) in [5, 5.41) is 10.9. The van der Waals surface area contributed by atoms with Gasteiger partial charge in [-0.3, -0.25) is 5.10 Å². The van der Waals surface area contributed by atoms with Crippen LogP contribution in [0, 0.1) is 0 Å². The van der Waals surface area contributed by atoms with Gasteiger partial charge in [-0.15, -0.1) is 0 Å². The van der Waals surface area contributed by atoms with Gasteiger partial charge in [-0.1, -0.05) is 0 Å². The van der Waals surface area contributed by atoms with E-state index in [1.807, 2.05) is 18.5 Å². The standard InChI is InChI=1S/C21H17N5/c1-2-5-13-12(4-1)19-16-11-24-26-17(16)7-8-18(19)25-20(13)15-10-23-21-14(15)6-3-9-22-21/h3,6-11H,1-2,4-5H2,(H,22,23)(H,24,26). The maximum atomic E-state index is 5.12. The number of hydrogen-bond acceptors (Lipinski definition) is 3. The first kappa shape index (κ1) is 14.0. The fraction of sp³-hybridized carbons (Fsp3) is 0.190. The van der Waals surface area contributed by atoms with Crippen LogP contribution in [0.3, 0.4) is 0 Å². The molecule has 0 saturated carbocycles. The zero-order chi connectivity index (χ0) is 17.1. The van der Waals surface area contributed by atoms with Crippen LogP contribution < -0.4 is 0 Å². The van der Waals surface area contributed by atoms with Crippen LogP contribution in [0.25, 0.3) is 44.1 Å². The Morgan fingerprint density at radius 1 is 0.962 bits per heavy atom. The van der Waals surface area contributed by atoms with Crippen LogP contribution in [0.4, 0.5) is 0 Å². The lowest BCUT2D eigenvalue weighted by Crippen LogP contribution is -2.07. The predicted molar refractivity (Wildman–Crippen MR) is 103 cm³/mol. The average molecular weight is 339 g/mol. The molecule has 4 heterocycles. The Morgan fingerprint density at radius 2 is 1.88 bits per heavy atom. The second-order valence-corrected chi connectivity index (χ2v) is 7.02. The number of hydrogen-bond donors (Lipinski definition) is 2. The minimum atomic E-state index is 0.916. The van der Waals surface area contributed by atoms with Crippen molar-refractivity contribution in [3.05, 3.63) is 54.0 Å². The summed E-state index contributed by atoms with van der Waals surface area (Å²) in [6.45, 7) is 0. The normalized spacial score (nSPS) is 14.3. The van der Waals surface area contributed by atoms with Crippen LogP contribution in [0.15, 0.2) is 42.9 Å². The van der Waals surface area contributed by atoms with Gasteiger partial charge in [0, 0.05) is 34.1 Å². The average Bonchev–Trinajstić information content (AvgIpc) is 3.34. The zero-order valence-electron chi connectivity index (χ0n) is 14.2. The maximum Gasteiger partial charge on any atom is 0.137 e. The van der Waals surface area contributed by atoms with Crippen molar-refractivity contribution >= 4 is 32.8 Å². The third-order valence-corrected chi connectivity index (χ3v) is 5.60. The summed E-state index contributed by atoms with van der Waals surface area (Å²) < 4.78 is 0. The molecule has 0 atom stereocenters. The highest BCUT2D eigenvalue weighted by Gasteiger charge is 2.22. The molecular weight excluding hydrogens is 322 g/mol. The van der Waals surface area contributed by atoms with Gasteiger partial charge in [0.05, 0.1) is 22.9 Å². The highest BCUT2D eigenvalue weighted by atomic mass is 15.1. The molecule has 1 aliphatic rings. The van der Waals surface area contributed by atoms with Crippen LogP contribution in [-0.2, 0) is 12.8 Å². The molecule has 0 bridgehead atoms. The fourth-order valence-electron chi connectivity index (χ4n) is 4.42. The SMILES string of the molecule is c1cnc2[nH]cc(-c3nc4ccc5[nH]ncc5c4c4c3CCCC4)c2c1. The van der Waals surface area contributed by atoms with Gasteiger partial charge in [-0.05, 0) is 61.1 Å². The van der Waals surface area contributed by atoms with Gasteiger partial charge in [0.15, 0.2) is 0 Å². The minimum absolute atomic E-state index is 0.916. The van der Waals surface area contributed by atoms with E-state index in [0.717, 1.165) is 46.2 Å². The molecule has 26 heavy (non-hydrogen) atoms. The lowest BCUT2D eigenvalue weighted by Gasteiger charge is -2.21. The Labute approximate surface area is 149 Å². The number of aryl methyl sites for hydroxylation is 1. The quantitative estimate of drug-likeness (QED) is 0.471. The van der Waals surface area contributed by atoms with Crippen LogP contribution in [0.5, 0.6) is 0 Å². The van der Waals surface area contributed by atoms with Crippen molar-refractivity contribution in [2.75, 3.05) is 0 Å². The van der Waals surface area contributed by atoms with Crippen LogP contribution in [-0.4, -0.2) is 25.1 Å². The Hall–Kier alpha value is -3.21. The molecule has 126 valence electrons. The van der Waals surface area contributed by atoms with E-state index in [-0.39, 0.29) is 0 Å². The third-order valence-electron chi connectivity index (χ3n) is 5.60. The van der Waals surface area contributed by atoms with E-state index < -0.39 is 0 Å². The molecule has 1 aliphatic carbocycles. The lowest BCUT2D eigenvalue weighted by molar-refractivity contribution is 0.689. The van der Waals surface area contributed by atoms with E-state index in [9.17, 15) is 0 Å². The van der Waals surface area contributed by atoms with Gasteiger partial charge < -0.3 is 4.98 Å². The zero-order valence-corrected chi connectivity index (χ0v) is 14.2. The minimum Gasteiger partial charge on any atom is -0.345 e. The van der Waals surface area contributed by atoms with Gasteiger partial charge in [0.1, 0.15) is 5.65 Å². The van der Waals surface area contributed by atoms with E-state index >= 15 is 0 Å². The number of nitrogens with one attached hydrogen (secondary N) is 2. The summed E-state index contributed by atoms with van der Waals surface area (Å²) in [6, 6.07) is 8.30. The van der Waals surface area contributed by atoms with Crippen molar-refractivity contribution in [2.24, 2.45) is 0 Å². The summed E-state index contributed by atoms with van der Waals surface area (Å²) in [5.41, 5.74) is 8.14. The fourth-order valence-corrected chi connectivity index (χ4v) is 4.42. The van der Waals surface area contributed by atoms with Crippen molar-refractivity contribution in [1.82, 2.24) is 25.1 Å². The first-order valence-corrected chi connectivity index (χ1v) is 9.10. The smallest absolute Gasteiger partial charge is 0.137 e. The van der Waals surface area contributed by atoms with Gasteiger partial charge >= 0.3 is 0 Å². The molecule has 0 fully saturated rings. The molecule has 1 aromatic carbocycles. The Bertz CT molecular complexity index is 1290. The third kappa shape index (κ3) is 1.83. The number of benzene rings is 1. The molecule has 5 aromatic rings. The van der Waals surface area contributed by atoms with Crippen molar-refractivity contribution in [3.8, 4) is 11.3 Å². The first-order valence-electron chi connectivity index (χ1n) is 9.10. The molecule has 0 amide bonds. The highest BCUT2D eigenvalue weighted by Crippen LogP contribution is 2.39. The van der Waals surface area contributed by atoms with Gasteiger partial charge in [-0.25, -0.2) is 9.97 Å². The second-order valence-electron chi connectivity index (χ2n) is 7.02. The van der Waals surface area contributed by atoms with Crippen LogP contribution >= 0.6 is 0 Å².